The number of methoxy groups -OCH3 is 1. The highest BCUT2D eigenvalue weighted by atomic mass is 16.5. The van der Waals surface area contributed by atoms with Crippen LogP contribution in [0.5, 0.6) is 5.75 Å². The third kappa shape index (κ3) is 3.64. The van der Waals surface area contributed by atoms with Gasteiger partial charge in [0.05, 0.1) is 12.6 Å². The summed E-state index contributed by atoms with van der Waals surface area (Å²) in [5.41, 5.74) is 2.34. The normalized spacial score (nSPS) is 10.7. The van der Waals surface area contributed by atoms with Gasteiger partial charge in [-0.1, -0.05) is 41.6 Å². The maximum Gasteiger partial charge on any atom is 0.357 e. The molecular weight excluding hydrogens is 344 g/mol. The number of hydrogen-bond acceptors (Lipinski definition) is 6. The zero-order valence-corrected chi connectivity index (χ0v) is 14.6. The number of ether oxygens (including phenoxy) is 2. The molecule has 0 aliphatic rings. The van der Waals surface area contributed by atoms with E-state index in [1.54, 1.807) is 19.2 Å². The van der Waals surface area contributed by atoms with E-state index in [4.69, 9.17) is 14.0 Å². The largest absolute Gasteiger partial charge is 0.497 e. The van der Waals surface area contributed by atoms with Gasteiger partial charge in [0.2, 0.25) is 0 Å². The van der Waals surface area contributed by atoms with E-state index in [0.29, 0.717) is 11.5 Å². The third-order valence-corrected chi connectivity index (χ3v) is 4.07. The Balaban J connectivity index is 1.45. The predicted molar refractivity (Wildman–Crippen MR) is 99.4 cm³/mol. The molecule has 0 fully saturated rings. The molecule has 0 unspecified atom stereocenters. The molecule has 0 radical (unpaired) electrons. The molecule has 4 rings (SSSR count). The molecule has 0 N–H and O–H groups in total. The monoisotopic (exact) mass is 360 g/mol. The summed E-state index contributed by atoms with van der Waals surface area (Å²) in [5, 5.41) is 4.92. The van der Waals surface area contributed by atoms with Gasteiger partial charge in [-0.15, -0.1) is 0 Å². The highest BCUT2D eigenvalue weighted by Gasteiger charge is 2.13. The van der Waals surface area contributed by atoms with Crippen molar-refractivity contribution in [3.8, 4) is 17.1 Å². The molecule has 0 saturated heterocycles. The second-order valence-electron chi connectivity index (χ2n) is 5.88. The van der Waals surface area contributed by atoms with E-state index in [-0.39, 0.29) is 12.3 Å². The first-order chi connectivity index (χ1) is 13.2. The summed E-state index contributed by atoms with van der Waals surface area (Å²) in [5.74, 6) is 0.787. The first-order valence-electron chi connectivity index (χ1n) is 8.36. The van der Waals surface area contributed by atoms with Crippen LogP contribution in [0.25, 0.3) is 22.2 Å². The van der Waals surface area contributed by atoms with Gasteiger partial charge in [-0.25, -0.2) is 9.78 Å². The zero-order chi connectivity index (χ0) is 18.6. The standard InChI is InChI=1S/C21H16N2O4/c1-25-17-7-4-6-15(11-17)20-12-16(23-27-20)13-26-21(24)19-10-9-14-5-2-3-8-18(14)22-19/h2-12H,13H2,1H3. The van der Waals surface area contributed by atoms with Crippen molar-refractivity contribution < 1.29 is 18.8 Å². The number of benzene rings is 2. The van der Waals surface area contributed by atoms with E-state index in [0.717, 1.165) is 22.2 Å². The van der Waals surface area contributed by atoms with Crippen LogP contribution in [-0.2, 0) is 11.3 Å². The number of fused-ring (bicyclic) bond motifs is 1. The SMILES string of the molecule is COc1cccc(-c2cc(COC(=O)c3ccc4ccccc4n3)no2)c1. The molecule has 0 saturated carbocycles. The smallest absolute Gasteiger partial charge is 0.357 e. The van der Waals surface area contributed by atoms with Crippen molar-refractivity contribution in [1.29, 1.82) is 0 Å². The molecule has 0 bridgehead atoms. The van der Waals surface area contributed by atoms with Gasteiger partial charge in [0.25, 0.3) is 0 Å². The molecule has 6 heteroatoms. The number of nitrogens with zero attached hydrogens (tertiary/aromatic N) is 2. The number of carbonyl (C=O) groups excluding carboxylic acids is 1. The summed E-state index contributed by atoms with van der Waals surface area (Å²) >= 11 is 0. The van der Waals surface area contributed by atoms with Crippen LogP contribution in [0.4, 0.5) is 0 Å². The molecule has 0 amide bonds. The van der Waals surface area contributed by atoms with Gasteiger partial charge in [0.1, 0.15) is 23.7 Å². The van der Waals surface area contributed by atoms with Crippen molar-refractivity contribution in [2.24, 2.45) is 0 Å². The maximum atomic E-state index is 12.3. The Labute approximate surface area is 155 Å². The lowest BCUT2D eigenvalue weighted by Gasteiger charge is -2.03. The van der Waals surface area contributed by atoms with Gasteiger partial charge in [-0.05, 0) is 24.3 Å². The first kappa shape index (κ1) is 16.8. The Kier molecular flexibility index (Phi) is 4.53. The summed E-state index contributed by atoms with van der Waals surface area (Å²) in [6.45, 7) is 0.000802. The first-order valence-corrected chi connectivity index (χ1v) is 8.36. The number of carbonyl (C=O) groups is 1. The zero-order valence-electron chi connectivity index (χ0n) is 14.6. The van der Waals surface area contributed by atoms with Crippen LogP contribution in [0.3, 0.4) is 0 Å². The van der Waals surface area contributed by atoms with Crippen LogP contribution in [0.1, 0.15) is 16.2 Å². The molecule has 134 valence electrons. The fraction of sp³-hybridized carbons (Fsp3) is 0.0952. The van der Waals surface area contributed by atoms with Crippen LogP contribution < -0.4 is 4.74 Å². The molecule has 6 nitrogen and oxygen atoms in total. The van der Waals surface area contributed by atoms with Crippen molar-refractivity contribution in [1.82, 2.24) is 10.1 Å². The van der Waals surface area contributed by atoms with E-state index in [2.05, 4.69) is 10.1 Å². The Hall–Kier alpha value is -3.67. The fourth-order valence-electron chi connectivity index (χ4n) is 2.69. The minimum Gasteiger partial charge on any atom is -0.497 e. The van der Waals surface area contributed by atoms with Crippen molar-refractivity contribution in [2.45, 2.75) is 6.61 Å². The summed E-state index contributed by atoms with van der Waals surface area (Å²) in [6, 6.07) is 20.2. The predicted octanol–water partition coefficient (Wildman–Crippen LogP) is 4.26. The van der Waals surface area contributed by atoms with E-state index < -0.39 is 5.97 Å². The van der Waals surface area contributed by atoms with Crippen LogP contribution in [0.15, 0.2) is 71.3 Å². The Morgan fingerprint density at radius 2 is 1.93 bits per heavy atom. The van der Waals surface area contributed by atoms with Crippen LogP contribution in [0.2, 0.25) is 0 Å². The summed E-state index contributed by atoms with van der Waals surface area (Å²) < 4.78 is 15.8. The quantitative estimate of drug-likeness (QED) is 0.495. The number of rotatable bonds is 5. The van der Waals surface area contributed by atoms with Crippen LogP contribution in [0, 0.1) is 0 Å². The lowest BCUT2D eigenvalue weighted by molar-refractivity contribution is 0.0458. The van der Waals surface area contributed by atoms with Crippen LogP contribution >= 0.6 is 0 Å². The van der Waals surface area contributed by atoms with E-state index in [1.807, 2.05) is 54.6 Å². The van der Waals surface area contributed by atoms with Crippen LogP contribution in [-0.4, -0.2) is 23.2 Å². The van der Waals surface area contributed by atoms with Gasteiger partial charge in [0.15, 0.2) is 5.76 Å². The molecular formula is C21H16N2O4. The van der Waals surface area contributed by atoms with Gasteiger partial charge in [-0.3, -0.25) is 0 Å². The average Bonchev–Trinajstić information content (AvgIpc) is 3.21. The van der Waals surface area contributed by atoms with Crippen molar-refractivity contribution in [3.63, 3.8) is 0 Å². The van der Waals surface area contributed by atoms with Crippen molar-refractivity contribution in [3.05, 3.63) is 78.1 Å². The summed E-state index contributed by atoms with van der Waals surface area (Å²) in [6.07, 6.45) is 0. The molecule has 2 heterocycles. The third-order valence-electron chi connectivity index (χ3n) is 4.07. The minimum atomic E-state index is -0.508. The average molecular weight is 360 g/mol. The number of para-hydroxylation sites is 1. The molecule has 0 atom stereocenters. The lowest BCUT2D eigenvalue weighted by atomic mass is 10.1. The minimum absolute atomic E-state index is 0.000802. The molecule has 0 spiro atoms. The van der Waals surface area contributed by atoms with E-state index in [9.17, 15) is 4.79 Å². The molecule has 2 aromatic carbocycles. The maximum absolute atomic E-state index is 12.3. The van der Waals surface area contributed by atoms with E-state index in [1.165, 1.54) is 0 Å². The summed E-state index contributed by atoms with van der Waals surface area (Å²) in [7, 11) is 1.60. The molecule has 27 heavy (non-hydrogen) atoms. The number of hydrogen-bond donors (Lipinski definition) is 0. The molecule has 0 aliphatic carbocycles. The van der Waals surface area contributed by atoms with Gasteiger partial charge < -0.3 is 14.0 Å². The number of esters is 1. The molecule has 0 aliphatic heterocycles. The highest BCUT2D eigenvalue weighted by Crippen LogP contribution is 2.24. The second kappa shape index (κ2) is 7.29. The summed E-state index contributed by atoms with van der Waals surface area (Å²) in [4.78, 5) is 16.6. The van der Waals surface area contributed by atoms with E-state index >= 15 is 0 Å². The Bertz CT molecular complexity index is 1100. The van der Waals surface area contributed by atoms with Gasteiger partial charge in [0, 0.05) is 17.0 Å². The number of pyridine rings is 1. The van der Waals surface area contributed by atoms with Gasteiger partial charge in [-0.2, -0.15) is 0 Å². The van der Waals surface area contributed by atoms with Gasteiger partial charge >= 0.3 is 5.97 Å². The topological polar surface area (TPSA) is 74.5 Å². The molecule has 4 aromatic rings. The van der Waals surface area contributed by atoms with Crippen molar-refractivity contribution in [2.75, 3.05) is 7.11 Å². The second-order valence-corrected chi connectivity index (χ2v) is 5.88. The Morgan fingerprint density at radius 3 is 2.81 bits per heavy atom. The lowest BCUT2D eigenvalue weighted by Crippen LogP contribution is -2.07. The number of aromatic nitrogens is 2. The Morgan fingerprint density at radius 1 is 1.04 bits per heavy atom. The van der Waals surface area contributed by atoms with Crippen molar-refractivity contribution >= 4 is 16.9 Å². The highest BCUT2D eigenvalue weighted by molar-refractivity contribution is 5.91. The fourth-order valence-corrected chi connectivity index (χ4v) is 2.69. The molecule has 2 aromatic heterocycles.